The van der Waals surface area contributed by atoms with Gasteiger partial charge in [0.2, 0.25) is 5.91 Å². The highest BCUT2D eigenvalue weighted by Gasteiger charge is 2.17. The first kappa shape index (κ1) is 19.7. The Labute approximate surface area is 169 Å². The third-order valence-electron chi connectivity index (χ3n) is 4.48. The summed E-state index contributed by atoms with van der Waals surface area (Å²) in [6.07, 6.45) is 4.06. The number of amides is 1. The van der Waals surface area contributed by atoms with Crippen LogP contribution in [0.3, 0.4) is 0 Å². The number of hydrogen-bond donors (Lipinski definition) is 0. The molecule has 0 aliphatic rings. The molecule has 6 heteroatoms. The number of halogens is 2. The minimum Gasteiger partial charge on any atom is -0.342 e. The van der Waals surface area contributed by atoms with E-state index in [1.807, 2.05) is 51.9 Å². The molecule has 0 saturated heterocycles. The van der Waals surface area contributed by atoms with E-state index in [1.165, 1.54) is 0 Å². The van der Waals surface area contributed by atoms with Crippen LogP contribution in [0.1, 0.15) is 32.4 Å². The molecule has 0 N–H and O–H groups in total. The second-order valence-corrected chi connectivity index (χ2v) is 7.39. The number of benzene rings is 1. The van der Waals surface area contributed by atoms with Crippen molar-refractivity contribution < 1.29 is 4.79 Å². The van der Waals surface area contributed by atoms with Gasteiger partial charge < -0.3 is 9.30 Å². The Morgan fingerprint density at radius 1 is 1.04 bits per heavy atom. The van der Waals surface area contributed by atoms with Gasteiger partial charge in [0, 0.05) is 29.9 Å². The van der Waals surface area contributed by atoms with E-state index in [2.05, 4.69) is 18.8 Å². The van der Waals surface area contributed by atoms with Crippen LogP contribution in [0.4, 0.5) is 0 Å². The van der Waals surface area contributed by atoms with Crippen molar-refractivity contribution in [1.82, 2.24) is 14.3 Å². The van der Waals surface area contributed by atoms with Crippen LogP contribution in [0.15, 0.2) is 42.6 Å². The summed E-state index contributed by atoms with van der Waals surface area (Å²) in [7, 11) is 0. The lowest BCUT2D eigenvalue weighted by molar-refractivity contribution is -0.130. The van der Waals surface area contributed by atoms with E-state index in [0.717, 1.165) is 48.5 Å². The van der Waals surface area contributed by atoms with Crippen molar-refractivity contribution in [3.63, 3.8) is 0 Å². The summed E-state index contributed by atoms with van der Waals surface area (Å²) in [5.41, 5.74) is 3.32. The highest BCUT2D eigenvalue weighted by atomic mass is 35.5. The van der Waals surface area contributed by atoms with Gasteiger partial charge in [0.1, 0.15) is 5.65 Å². The highest BCUT2D eigenvalue weighted by molar-refractivity contribution is 6.31. The van der Waals surface area contributed by atoms with Gasteiger partial charge in [-0.3, -0.25) is 4.79 Å². The molecule has 0 saturated carbocycles. The van der Waals surface area contributed by atoms with Crippen LogP contribution < -0.4 is 0 Å². The van der Waals surface area contributed by atoms with Crippen LogP contribution in [0.2, 0.25) is 10.0 Å². The first-order valence-corrected chi connectivity index (χ1v) is 9.99. The maximum absolute atomic E-state index is 12.8. The number of imidazole rings is 1. The maximum Gasteiger partial charge on any atom is 0.228 e. The van der Waals surface area contributed by atoms with Crippen molar-refractivity contribution >= 4 is 34.8 Å². The van der Waals surface area contributed by atoms with Gasteiger partial charge in [0.25, 0.3) is 0 Å². The second kappa shape index (κ2) is 8.77. The molecule has 27 heavy (non-hydrogen) atoms. The number of pyridine rings is 1. The number of rotatable bonds is 7. The standard InChI is InChI=1S/C21H23Cl2N3O/c1-3-11-25(12-4-2)21(27)13-19-17(23)9-10-20-24-18(14-26(19)20)15-5-7-16(22)8-6-15/h5-10,14H,3-4,11-13H2,1-2H3. The quantitative estimate of drug-likeness (QED) is 0.522. The summed E-state index contributed by atoms with van der Waals surface area (Å²) >= 11 is 12.4. The lowest BCUT2D eigenvalue weighted by Crippen LogP contribution is -2.34. The number of hydrogen-bond acceptors (Lipinski definition) is 2. The molecule has 2 aromatic heterocycles. The summed E-state index contributed by atoms with van der Waals surface area (Å²) in [5, 5.41) is 1.26. The van der Waals surface area contributed by atoms with Gasteiger partial charge in [0.15, 0.2) is 0 Å². The van der Waals surface area contributed by atoms with Gasteiger partial charge in [-0.15, -0.1) is 0 Å². The molecular formula is C21H23Cl2N3O. The average Bonchev–Trinajstić information content (AvgIpc) is 3.09. The molecule has 1 aromatic carbocycles. The Hall–Kier alpha value is -2.04. The zero-order chi connectivity index (χ0) is 19.4. The molecule has 0 atom stereocenters. The smallest absolute Gasteiger partial charge is 0.228 e. The third kappa shape index (κ3) is 4.45. The van der Waals surface area contributed by atoms with E-state index < -0.39 is 0 Å². The lowest BCUT2D eigenvalue weighted by atomic mass is 10.2. The topological polar surface area (TPSA) is 37.6 Å². The van der Waals surface area contributed by atoms with Crippen LogP contribution in [-0.4, -0.2) is 33.3 Å². The van der Waals surface area contributed by atoms with Gasteiger partial charge in [0.05, 0.1) is 22.8 Å². The van der Waals surface area contributed by atoms with E-state index in [0.29, 0.717) is 10.0 Å². The van der Waals surface area contributed by atoms with Gasteiger partial charge in [-0.25, -0.2) is 4.98 Å². The summed E-state index contributed by atoms with van der Waals surface area (Å²) in [6.45, 7) is 5.69. The molecule has 0 radical (unpaired) electrons. The summed E-state index contributed by atoms with van der Waals surface area (Å²) in [5.74, 6) is 0.0924. The molecule has 0 bridgehead atoms. The minimum absolute atomic E-state index is 0.0924. The molecule has 2 heterocycles. The van der Waals surface area contributed by atoms with Gasteiger partial charge in [-0.2, -0.15) is 0 Å². The summed E-state index contributed by atoms with van der Waals surface area (Å²) < 4.78 is 1.92. The largest absolute Gasteiger partial charge is 0.342 e. The molecule has 142 valence electrons. The maximum atomic E-state index is 12.8. The molecule has 0 aliphatic carbocycles. The number of carbonyl (C=O) groups excluding carboxylic acids is 1. The molecule has 3 aromatic rings. The van der Waals surface area contributed by atoms with Gasteiger partial charge in [-0.1, -0.05) is 49.2 Å². The zero-order valence-corrected chi connectivity index (χ0v) is 17.1. The van der Waals surface area contributed by atoms with Crippen LogP contribution in [0, 0.1) is 0 Å². The predicted octanol–water partition coefficient (Wildman–Crippen LogP) is 5.50. The number of aromatic nitrogens is 2. The van der Waals surface area contributed by atoms with Crippen LogP contribution in [0.5, 0.6) is 0 Å². The minimum atomic E-state index is 0.0924. The Bertz CT molecular complexity index is 928. The van der Waals surface area contributed by atoms with Crippen molar-refractivity contribution in [1.29, 1.82) is 0 Å². The fraction of sp³-hybridized carbons (Fsp3) is 0.333. The molecule has 1 amide bonds. The normalized spacial score (nSPS) is 11.1. The van der Waals surface area contributed by atoms with Gasteiger partial charge in [-0.05, 0) is 37.1 Å². The van der Waals surface area contributed by atoms with E-state index in [-0.39, 0.29) is 12.3 Å². The van der Waals surface area contributed by atoms with Crippen molar-refractivity contribution in [3.05, 3.63) is 58.3 Å². The summed E-state index contributed by atoms with van der Waals surface area (Å²) in [6, 6.07) is 11.2. The van der Waals surface area contributed by atoms with E-state index in [9.17, 15) is 4.79 Å². The Balaban J connectivity index is 1.96. The van der Waals surface area contributed by atoms with Crippen molar-refractivity contribution in [2.45, 2.75) is 33.1 Å². The monoisotopic (exact) mass is 403 g/mol. The van der Waals surface area contributed by atoms with Crippen LogP contribution in [-0.2, 0) is 11.2 Å². The Morgan fingerprint density at radius 2 is 1.70 bits per heavy atom. The molecule has 0 aliphatic heterocycles. The van der Waals surface area contributed by atoms with Crippen LogP contribution in [0.25, 0.3) is 16.9 Å². The SMILES string of the molecule is CCCN(CCC)C(=O)Cc1c(Cl)ccc2nc(-c3ccc(Cl)cc3)cn12. The molecule has 3 rings (SSSR count). The Kier molecular flexibility index (Phi) is 6.40. The molecule has 4 nitrogen and oxygen atoms in total. The lowest BCUT2D eigenvalue weighted by Gasteiger charge is -2.22. The zero-order valence-electron chi connectivity index (χ0n) is 15.6. The van der Waals surface area contributed by atoms with Crippen LogP contribution >= 0.6 is 23.2 Å². The third-order valence-corrected chi connectivity index (χ3v) is 5.07. The van der Waals surface area contributed by atoms with Gasteiger partial charge >= 0.3 is 0 Å². The number of fused-ring (bicyclic) bond motifs is 1. The first-order valence-electron chi connectivity index (χ1n) is 9.23. The van der Waals surface area contributed by atoms with Crippen molar-refractivity contribution in [2.24, 2.45) is 0 Å². The number of nitrogens with zero attached hydrogens (tertiary/aromatic N) is 3. The van der Waals surface area contributed by atoms with E-state index in [1.54, 1.807) is 0 Å². The molecular weight excluding hydrogens is 381 g/mol. The number of carbonyl (C=O) groups is 1. The van der Waals surface area contributed by atoms with E-state index >= 15 is 0 Å². The molecule has 0 unspecified atom stereocenters. The summed E-state index contributed by atoms with van der Waals surface area (Å²) in [4.78, 5) is 19.4. The van der Waals surface area contributed by atoms with E-state index in [4.69, 9.17) is 23.2 Å². The Morgan fingerprint density at radius 3 is 2.33 bits per heavy atom. The molecule has 0 spiro atoms. The second-order valence-electron chi connectivity index (χ2n) is 6.55. The first-order chi connectivity index (χ1) is 13.0. The molecule has 0 fully saturated rings. The highest BCUT2D eigenvalue weighted by Crippen LogP contribution is 2.25. The average molecular weight is 404 g/mol. The van der Waals surface area contributed by atoms with Crippen molar-refractivity contribution in [2.75, 3.05) is 13.1 Å². The predicted molar refractivity (Wildman–Crippen MR) is 112 cm³/mol. The fourth-order valence-corrected chi connectivity index (χ4v) is 3.52. The van der Waals surface area contributed by atoms with Crippen molar-refractivity contribution in [3.8, 4) is 11.3 Å². The fourth-order valence-electron chi connectivity index (χ4n) is 3.17.